The van der Waals surface area contributed by atoms with Crippen molar-refractivity contribution in [3.63, 3.8) is 0 Å². The first-order chi connectivity index (χ1) is 13.5. The summed E-state index contributed by atoms with van der Waals surface area (Å²) in [6, 6.07) is 2.64. The quantitative estimate of drug-likeness (QED) is 0.582. The normalized spacial score (nSPS) is 13.1. The van der Waals surface area contributed by atoms with Gasteiger partial charge < -0.3 is 20.6 Å². The number of benzene rings is 1. The Morgan fingerprint density at radius 3 is 2.45 bits per heavy atom. The van der Waals surface area contributed by atoms with Gasteiger partial charge in [-0.2, -0.15) is 9.97 Å². The number of hydrogen-bond acceptors (Lipinski definition) is 7. The first kappa shape index (κ1) is 21.9. The van der Waals surface area contributed by atoms with Crippen molar-refractivity contribution >= 4 is 33.3 Å². The molecule has 10 nitrogen and oxygen atoms in total. The van der Waals surface area contributed by atoms with Crippen LogP contribution in [0.5, 0.6) is 0 Å². The van der Waals surface area contributed by atoms with Gasteiger partial charge in [0.05, 0.1) is 16.2 Å². The molecule has 0 spiro atoms. The number of aliphatic hydroxyl groups is 1. The van der Waals surface area contributed by atoms with E-state index >= 15 is 0 Å². The van der Waals surface area contributed by atoms with Crippen molar-refractivity contribution in [1.82, 2.24) is 15.3 Å². The van der Waals surface area contributed by atoms with Crippen molar-refractivity contribution in [2.75, 3.05) is 18.1 Å². The van der Waals surface area contributed by atoms with Crippen molar-refractivity contribution in [3.8, 4) is 0 Å². The molecule has 1 aromatic carbocycles. The fraction of sp³-hybridized carbons (Fsp3) is 0.235. The molecule has 1 aromatic heterocycles. The zero-order valence-corrected chi connectivity index (χ0v) is 16.1. The molecular weight excluding hydrogens is 405 g/mol. The molecule has 12 heteroatoms. The van der Waals surface area contributed by atoms with Gasteiger partial charge in [-0.05, 0) is 25.1 Å². The number of amides is 2. The number of rotatable bonds is 6. The molecule has 0 fully saturated rings. The molecule has 2 aromatic rings. The van der Waals surface area contributed by atoms with E-state index in [1.807, 2.05) is 0 Å². The molecule has 152 valence electrons. The summed E-state index contributed by atoms with van der Waals surface area (Å²) in [5.41, 5.74) is -2.69. The fourth-order valence-corrected chi connectivity index (χ4v) is 3.83. The summed E-state index contributed by atoms with van der Waals surface area (Å²) in [6.45, 7) is 7.73. The highest BCUT2D eigenvalue weighted by Crippen LogP contribution is 2.21. The maximum Gasteiger partial charge on any atom is 0.371 e. The molecule has 0 saturated heterocycles. The molecule has 0 bridgehead atoms. The lowest BCUT2D eigenvalue weighted by Crippen LogP contribution is -2.45. The molecule has 2 rings (SSSR count). The lowest BCUT2D eigenvalue weighted by Gasteiger charge is -2.22. The van der Waals surface area contributed by atoms with E-state index in [1.54, 1.807) is 0 Å². The molecule has 0 saturated carbocycles. The fourth-order valence-electron chi connectivity index (χ4n) is 2.24. The Bertz CT molecular complexity index is 1090. The highest BCUT2D eigenvalue weighted by atomic mass is 32.2. The maximum absolute atomic E-state index is 14.1. The van der Waals surface area contributed by atoms with Gasteiger partial charge in [0, 0.05) is 7.05 Å². The van der Waals surface area contributed by atoms with Gasteiger partial charge in [0.15, 0.2) is 15.4 Å². The molecule has 0 radical (unpaired) electrons. The predicted octanol–water partition coefficient (Wildman–Crippen LogP) is 0.689. The lowest BCUT2D eigenvalue weighted by atomic mass is 10.1. The van der Waals surface area contributed by atoms with Crippen molar-refractivity contribution in [2.45, 2.75) is 17.4 Å². The number of nitrogens with zero attached hydrogens (tertiary/aromatic N) is 3. The smallest absolute Gasteiger partial charge is 0.371 e. The summed E-state index contributed by atoms with van der Waals surface area (Å²) < 4.78 is 39.1. The summed E-state index contributed by atoms with van der Waals surface area (Å²) >= 11 is 0. The van der Waals surface area contributed by atoms with Crippen LogP contribution in [0.2, 0.25) is 0 Å². The molecule has 1 atom stereocenters. The van der Waals surface area contributed by atoms with Crippen LogP contribution in [0.3, 0.4) is 0 Å². The average Bonchev–Trinajstić information content (AvgIpc) is 2.67. The third-order valence-corrected chi connectivity index (χ3v) is 5.64. The number of nitrogens with one attached hydrogen (secondary N) is 2. The van der Waals surface area contributed by atoms with E-state index in [4.69, 9.17) is 6.57 Å². The van der Waals surface area contributed by atoms with Crippen molar-refractivity contribution in [3.05, 3.63) is 53.4 Å². The van der Waals surface area contributed by atoms with Crippen molar-refractivity contribution < 1.29 is 27.5 Å². The van der Waals surface area contributed by atoms with Gasteiger partial charge in [-0.1, -0.05) is 0 Å². The largest absolute Gasteiger partial charge is 0.394 e. The second-order valence-corrected chi connectivity index (χ2v) is 8.08. The van der Waals surface area contributed by atoms with E-state index in [0.29, 0.717) is 6.07 Å². The van der Waals surface area contributed by atoms with Crippen LogP contribution in [-0.2, 0) is 14.6 Å². The van der Waals surface area contributed by atoms with Gasteiger partial charge in [0.1, 0.15) is 23.9 Å². The van der Waals surface area contributed by atoms with Gasteiger partial charge in [-0.15, -0.1) is 6.57 Å². The number of carbonyl (C=O) groups is 2. The summed E-state index contributed by atoms with van der Waals surface area (Å²) in [7, 11) is -3.00. The third-order valence-electron chi connectivity index (χ3n) is 3.73. The van der Waals surface area contributed by atoms with Crippen LogP contribution in [0.1, 0.15) is 17.3 Å². The SMILES string of the molecule is [C-]#[N+]c1ncc(NC(=O)[C@@](C)(O)CS(=O)(=O)c2ccc(C(=O)NC)c(F)c2)cn1. The predicted molar refractivity (Wildman–Crippen MR) is 99.4 cm³/mol. The lowest BCUT2D eigenvalue weighted by molar-refractivity contribution is -0.130. The number of hydrogen-bond donors (Lipinski definition) is 3. The molecular formula is C17H16FN5O5S. The molecule has 0 aliphatic rings. The first-order valence-corrected chi connectivity index (χ1v) is 9.63. The molecule has 2 amide bonds. The topological polar surface area (TPSA) is 143 Å². The Morgan fingerprint density at radius 2 is 1.93 bits per heavy atom. The van der Waals surface area contributed by atoms with Crippen LogP contribution in [0.4, 0.5) is 16.0 Å². The zero-order chi connectivity index (χ0) is 21.8. The van der Waals surface area contributed by atoms with Crippen LogP contribution in [-0.4, -0.2) is 53.7 Å². The Balaban J connectivity index is 2.20. The van der Waals surface area contributed by atoms with Gasteiger partial charge in [-0.25, -0.2) is 12.8 Å². The minimum atomic E-state index is -4.29. The van der Waals surface area contributed by atoms with E-state index in [0.717, 1.165) is 31.5 Å². The Labute approximate surface area is 165 Å². The standard InChI is InChI=1S/C17H16FN5O5S/c1-17(26,15(25)23-10-7-21-16(20-3)22-8-10)9-29(27,28)11-4-5-12(13(18)6-11)14(24)19-2/h4-8,26H,9H2,1-2H3,(H,19,24)(H,23,25)/t17-/m0/s1. The number of aromatic nitrogens is 2. The number of sulfone groups is 1. The highest BCUT2D eigenvalue weighted by Gasteiger charge is 2.37. The van der Waals surface area contributed by atoms with Gasteiger partial charge >= 0.3 is 5.95 Å². The maximum atomic E-state index is 14.1. The van der Waals surface area contributed by atoms with Gasteiger partial charge in [0.2, 0.25) is 0 Å². The van der Waals surface area contributed by atoms with Crippen LogP contribution in [0.15, 0.2) is 35.5 Å². The van der Waals surface area contributed by atoms with Crippen LogP contribution in [0.25, 0.3) is 4.85 Å². The summed E-state index contributed by atoms with van der Waals surface area (Å²) in [6.07, 6.45) is 2.24. The minimum Gasteiger partial charge on any atom is -0.394 e. The van der Waals surface area contributed by atoms with Gasteiger partial charge in [-0.3, -0.25) is 9.59 Å². The molecule has 3 N–H and O–H groups in total. The third kappa shape index (κ3) is 5.09. The van der Waals surface area contributed by atoms with E-state index in [-0.39, 0.29) is 17.2 Å². The highest BCUT2D eigenvalue weighted by molar-refractivity contribution is 7.91. The number of anilines is 1. The summed E-state index contributed by atoms with van der Waals surface area (Å²) in [5, 5.41) is 14.8. The van der Waals surface area contributed by atoms with Gasteiger partial charge in [0.25, 0.3) is 11.8 Å². The van der Waals surface area contributed by atoms with Crippen molar-refractivity contribution in [2.24, 2.45) is 0 Å². The molecule has 0 aliphatic heterocycles. The molecule has 0 unspecified atom stereocenters. The van der Waals surface area contributed by atoms with E-state index in [1.165, 1.54) is 7.05 Å². The van der Waals surface area contributed by atoms with Crippen LogP contribution < -0.4 is 10.6 Å². The molecule has 0 aliphatic carbocycles. The number of carbonyl (C=O) groups excluding carboxylic acids is 2. The summed E-state index contributed by atoms with van der Waals surface area (Å²) in [4.78, 5) is 33.5. The number of halogens is 1. The van der Waals surface area contributed by atoms with E-state index in [2.05, 4.69) is 25.4 Å². The monoisotopic (exact) mass is 421 g/mol. The molecule has 1 heterocycles. The Hall–Kier alpha value is -3.43. The van der Waals surface area contributed by atoms with Crippen LogP contribution >= 0.6 is 0 Å². The first-order valence-electron chi connectivity index (χ1n) is 7.98. The second-order valence-electron chi connectivity index (χ2n) is 6.09. The Morgan fingerprint density at radius 1 is 1.31 bits per heavy atom. The summed E-state index contributed by atoms with van der Waals surface area (Å²) in [5.74, 6) is -4.07. The van der Waals surface area contributed by atoms with E-state index in [9.17, 15) is 27.5 Å². The molecule has 29 heavy (non-hydrogen) atoms. The Kier molecular flexibility index (Phi) is 6.25. The second kappa shape index (κ2) is 8.29. The van der Waals surface area contributed by atoms with E-state index < -0.39 is 43.7 Å². The van der Waals surface area contributed by atoms with Crippen molar-refractivity contribution in [1.29, 1.82) is 0 Å². The minimum absolute atomic E-state index is 0.0426. The van der Waals surface area contributed by atoms with Crippen LogP contribution in [0, 0.1) is 12.4 Å². The average molecular weight is 421 g/mol. The zero-order valence-electron chi connectivity index (χ0n) is 15.3.